The summed E-state index contributed by atoms with van der Waals surface area (Å²) in [5, 5.41) is 2.97. The van der Waals surface area contributed by atoms with Gasteiger partial charge in [-0.05, 0) is 19.9 Å². The fourth-order valence-electron chi connectivity index (χ4n) is 1.88. The second kappa shape index (κ2) is 4.55. The van der Waals surface area contributed by atoms with Gasteiger partial charge in [-0.15, -0.1) is 0 Å². The molecule has 0 aliphatic carbocycles. The zero-order valence-corrected chi connectivity index (χ0v) is 9.04. The van der Waals surface area contributed by atoms with Crippen molar-refractivity contribution in [3.05, 3.63) is 0 Å². The highest BCUT2D eigenvalue weighted by Crippen LogP contribution is 2.20. The molecule has 0 aromatic rings. The van der Waals surface area contributed by atoms with Gasteiger partial charge in [0.15, 0.2) is 0 Å². The Morgan fingerprint density at radius 2 is 1.93 bits per heavy atom. The average molecular weight is 198 g/mol. The van der Waals surface area contributed by atoms with Gasteiger partial charge in [-0.1, -0.05) is 6.92 Å². The molecule has 2 amide bonds. The van der Waals surface area contributed by atoms with E-state index >= 15 is 0 Å². The van der Waals surface area contributed by atoms with Gasteiger partial charge in [-0.3, -0.25) is 14.5 Å². The Morgan fingerprint density at radius 1 is 1.43 bits per heavy atom. The topological polar surface area (TPSA) is 49.4 Å². The monoisotopic (exact) mass is 198 g/mol. The number of rotatable bonds is 3. The molecule has 1 fully saturated rings. The Bertz CT molecular complexity index is 222. The Balaban J connectivity index is 2.67. The normalized spacial score (nSPS) is 21.5. The molecule has 1 saturated heterocycles. The number of hydrogen-bond acceptors (Lipinski definition) is 3. The van der Waals surface area contributed by atoms with E-state index in [1.165, 1.54) is 4.90 Å². The number of piperidine rings is 1. The molecule has 1 aliphatic rings. The molecule has 0 bridgehead atoms. The standard InChI is InChI=1S/C10H18N2O2/c1-7-4-9(13)12(10(14)5-7)8(2)6-11-3/h7-8,11H,4-6H2,1-3H3. The molecule has 80 valence electrons. The third kappa shape index (κ3) is 2.32. The van der Waals surface area contributed by atoms with Gasteiger partial charge in [0.25, 0.3) is 0 Å². The van der Waals surface area contributed by atoms with Crippen LogP contribution in [0.3, 0.4) is 0 Å². The van der Waals surface area contributed by atoms with Gasteiger partial charge in [0, 0.05) is 25.4 Å². The van der Waals surface area contributed by atoms with Crippen LogP contribution in [0.25, 0.3) is 0 Å². The van der Waals surface area contributed by atoms with Crippen molar-refractivity contribution >= 4 is 11.8 Å². The van der Waals surface area contributed by atoms with E-state index in [0.717, 1.165) is 0 Å². The number of likely N-dealkylation sites (N-methyl/N-ethyl adjacent to an activating group) is 1. The Hall–Kier alpha value is -0.900. The molecule has 1 rings (SSSR count). The first-order chi connectivity index (χ1) is 6.56. The molecule has 0 aromatic carbocycles. The molecule has 1 atom stereocenters. The Morgan fingerprint density at radius 3 is 2.36 bits per heavy atom. The fraction of sp³-hybridized carbons (Fsp3) is 0.800. The maximum absolute atomic E-state index is 11.6. The van der Waals surface area contributed by atoms with E-state index in [1.54, 1.807) is 0 Å². The number of carbonyl (C=O) groups excluding carboxylic acids is 2. The van der Waals surface area contributed by atoms with Crippen molar-refractivity contribution in [1.29, 1.82) is 0 Å². The van der Waals surface area contributed by atoms with Crippen LogP contribution in [0.5, 0.6) is 0 Å². The van der Waals surface area contributed by atoms with Crippen molar-refractivity contribution in [1.82, 2.24) is 10.2 Å². The van der Waals surface area contributed by atoms with Crippen molar-refractivity contribution in [2.75, 3.05) is 13.6 Å². The summed E-state index contributed by atoms with van der Waals surface area (Å²) in [6.45, 7) is 4.49. The third-order valence-corrected chi connectivity index (χ3v) is 2.52. The second-order valence-electron chi connectivity index (χ2n) is 4.08. The first-order valence-electron chi connectivity index (χ1n) is 5.05. The molecule has 0 spiro atoms. The number of nitrogens with zero attached hydrogens (tertiary/aromatic N) is 1. The summed E-state index contributed by atoms with van der Waals surface area (Å²) >= 11 is 0. The maximum atomic E-state index is 11.6. The van der Waals surface area contributed by atoms with Gasteiger partial charge in [-0.25, -0.2) is 0 Å². The summed E-state index contributed by atoms with van der Waals surface area (Å²) in [4.78, 5) is 24.6. The largest absolute Gasteiger partial charge is 0.318 e. The van der Waals surface area contributed by atoms with E-state index in [0.29, 0.717) is 19.4 Å². The zero-order chi connectivity index (χ0) is 10.7. The molecule has 4 heteroatoms. The predicted molar refractivity (Wildman–Crippen MR) is 53.6 cm³/mol. The highest BCUT2D eigenvalue weighted by atomic mass is 16.2. The minimum Gasteiger partial charge on any atom is -0.318 e. The SMILES string of the molecule is CNCC(C)N1C(=O)CC(C)CC1=O. The summed E-state index contributed by atoms with van der Waals surface area (Å²) in [6.07, 6.45) is 1.000. The fourth-order valence-corrected chi connectivity index (χ4v) is 1.88. The van der Waals surface area contributed by atoms with Crippen LogP contribution in [0.2, 0.25) is 0 Å². The number of nitrogens with one attached hydrogen (secondary N) is 1. The van der Waals surface area contributed by atoms with Crippen molar-refractivity contribution in [3.63, 3.8) is 0 Å². The zero-order valence-electron chi connectivity index (χ0n) is 9.04. The van der Waals surface area contributed by atoms with Crippen LogP contribution in [0.15, 0.2) is 0 Å². The van der Waals surface area contributed by atoms with E-state index in [1.807, 2.05) is 20.9 Å². The molecule has 1 unspecified atom stereocenters. The highest BCUT2D eigenvalue weighted by molar-refractivity contribution is 5.98. The lowest BCUT2D eigenvalue weighted by molar-refractivity contribution is -0.152. The molecule has 0 aromatic heterocycles. The van der Waals surface area contributed by atoms with Crippen molar-refractivity contribution < 1.29 is 9.59 Å². The Labute approximate surface area is 84.7 Å². The number of amides is 2. The lowest BCUT2D eigenvalue weighted by Crippen LogP contribution is -2.50. The van der Waals surface area contributed by atoms with Crippen LogP contribution in [0.4, 0.5) is 0 Å². The second-order valence-corrected chi connectivity index (χ2v) is 4.08. The molecule has 1 aliphatic heterocycles. The lowest BCUT2D eigenvalue weighted by Gasteiger charge is -2.32. The highest BCUT2D eigenvalue weighted by Gasteiger charge is 2.32. The van der Waals surface area contributed by atoms with Gasteiger partial charge in [0.1, 0.15) is 0 Å². The van der Waals surface area contributed by atoms with E-state index in [2.05, 4.69) is 5.32 Å². The quantitative estimate of drug-likeness (QED) is 0.667. The van der Waals surface area contributed by atoms with Gasteiger partial charge < -0.3 is 5.32 Å². The maximum Gasteiger partial charge on any atom is 0.229 e. The van der Waals surface area contributed by atoms with Crippen molar-refractivity contribution in [3.8, 4) is 0 Å². The van der Waals surface area contributed by atoms with E-state index in [4.69, 9.17) is 0 Å². The molecule has 0 saturated carbocycles. The van der Waals surface area contributed by atoms with E-state index < -0.39 is 0 Å². The minimum absolute atomic E-state index is 0.0310. The first kappa shape index (κ1) is 11.2. The van der Waals surface area contributed by atoms with Gasteiger partial charge in [0.05, 0.1) is 0 Å². The van der Waals surface area contributed by atoms with Crippen LogP contribution < -0.4 is 5.32 Å². The van der Waals surface area contributed by atoms with Gasteiger partial charge in [0.2, 0.25) is 11.8 Å². The average Bonchev–Trinajstić information content (AvgIpc) is 2.01. The third-order valence-electron chi connectivity index (χ3n) is 2.52. The summed E-state index contributed by atoms with van der Waals surface area (Å²) in [6, 6.07) is -0.0347. The molecular weight excluding hydrogens is 180 g/mol. The smallest absolute Gasteiger partial charge is 0.229 e. The van der Waals surface area contributed by atoms with E-state index in [-0.39, 0.29) is 23.8 Å². The number of imide groups is 1. The molecule has 4 nitrogen and oxygen atoms in total. The van der Waals surface area contributed by atoms with E-state index in [9.17, 15) is 9.59 Å². The van der Waals surface area contributed by atoms with Crippen LogP contribution in [0.1, 0.15) is 26.7 Å². The lowest BCUT2D eigenvalue weighted by atomic mass is 9.96. The van der Waals surface area contributed by atoms with Crippen molar-refractivity contribution in [2.45, 2.75) is 32.7 Å². The number of likely N-dealkylation sites (tertiary alicyclic amines) is 1. The first-order valence-corrected chi connectivity index (χ1v) is 5.05. The summed E-state index contributed by atoms with van der Waals surface area (Å²) < 4.78 is 0. The molecule has 14 heavy (non-hydrogen) atoms. The molecule has 0 radical (unpaired) electrons. The number of carbonyl (C=O) groups is 2. The number of hydrogen-bond donors (Lipinski definition) is 1. The molecule has 1 N–H and O–H groups in total. The van der Waals surface area contributed by atoms with Crippen LogP contribution in [0, 0.1) is 5.92 Å². The summed E-state index contributed by atoms with van der Waals surface area (Å²) in [5.41, 5.74) is 0. The van der Waals surface area contributed by atoms with Crippen LogP contribution >= 0.6 is 0 Å². The van der Waals surface area contributed by atoms with Crippen LogP contribution in [-0.4, -0.2) is 36.3 Å². The Kier molecular flexibility index (Phi) is 3.63. The molecular formula is C10H18N2O2. The van der Waals surface area contributed by atoms with Gasteiger partial charge in [-0.2, -0.15) is 0 Å². The molecule has 1 heterocycles. The van der Waals surface area contributed by atoms with Crippen LogP contribution in [-0.2, 0) is 9.59 Å². The van der Waals surface area contributed by atoms with Gasteiger partial charge >= 0.3 is 0 Å². The summed E-state index contributed by atoms with van der Waals surface area (Å²) in [7, 11) is 1.82. The minimum atomic E-state index is -0.0347. The van der Waals surface area contributed by atoms with Crippen molar-refractivity contribution in [2.24, 2.45) is 5.92 Å². The summed E-state index contributed by atoms with van der Waals surface area (Å²) in [5.74, 6) is 0.140. The predicted octanol–water partition coefficient (Wildman–Crippen LogP) is 0.379.